The van der Waals surface area contributed by atoms with Crippen LogP contribution in [0.25, 0.3) is 10.6 Å². The smallest absolute Gasteiger partial charge is 0.238 e. The SMILES string of the molecule is COc1ccc(Br)cc1-c1nc(CN(C)CC(=O)Nc2cccc(C)c2C)cs1. The Hall–Kier alpha value is -2.22. The highest BCUT2D eigenvalue weighted by Gasteiger charge is 2.14. The third-order valence-corrected chi connectivity index (χ3v) is 6.09. The lowest BCUT2D eigenvalue weighted by molar-refractivity contribution is -0.117. The Labute approximate surface area is 183 Å². The summed E-state index contributed by atoms with van der Waals surface area (Å²) < 4.78 is 6.43. The fourth-order valence-corrected chi connectivity index (χ4v) is 4.20. The number of benzene rings is 2. The second-order valence-electron chi connectivity index (χ2n) is 6.96. The first-order valence-electron chi connectivity index (χ1n) is 9.20. The Bertz CT molecular complexity index is 1020. The molecule has 3 aromatic rings. The predicted molar refractivity (Wildman–Crippen MR) is 123 cm³/mol. The molecule has 0 aliphatic heterocycles. The van der Waals surface area contributed by atoms with Gasteiger partial charge in [0.05, 0.1) is 24.9 Å². The molecular formula is C22H24BrN3O2S. The molecular weight excluding hydrogens is 450 g/mol. The Morgan fingerprint density at radius 1 is 1.28 bits per heavy atom. The number of hydrogen-bond acceptors (Lipinski definition) is 5. The molecule has 1 N–H and O–H groups in total. The summed E-state index contributed by atoms with van der Waals surface area (Å²) in [5, 5.41) is 5.92. The monoisotopic (exact) mass is 473 g/mol. The lowest BCUT2D eigenvalue weighted by Gasteiger charge is -2.16. The van der Waals surface area contributed by atoms with Crippen LogP contribution in [0.5, 0.6) is 5.75 Å². The molecule has 0 spiro atoms. The standard InChI is InChI=1S/C22H24BrN3O2S/c1-14-6-5-7-19(15(14)2)25-21(27)12-26(3)11-17-13-29-22(24-17)18-10-16(23)8-9-20(18)28-4/h5-10,13H,11-12H2,1-4H3,(H,25,27). The topological polar surface area (TPSA) is 54.5 Å². The van der Waals surface area contributed by atoms with E-state index in [1.807, 2.05) is 67.6 Å². The number of aromatic nitrogens is 1. The van der Waals surface area contributed by atoms with Crippen LogP contribution >= 0.6 is 27.3 Å². The zero-order valence-electron chi connectivity index (χ0n) is 17.0. The Morgan fingerprint density at radius 3 is 2.83 bits per heavy atom. The van der Waals surface area contributed by atoms with Gasteiger partial charge in [0.25, 0.3) is 0 Å². The molecule has 29 heavy (non-hydrogen) atoms. The van der Waals surface area contributed by atoms with Gasteiger partial charge in [-0.3, -0.25) is 9.69 Å². The highest BCUT2D eigenvalue weighted by atomic mass is 79.9. The maximum absolute atomic E-state index is 12.4. The average molecular weight is 474 g/mol. The maximum Gasteiger partial charge on any atom is 0.238 e. The van der Waals surface area contributed by atoms with E-state index in [1.54, 1.807) is 18.4 Å². The van der Waals surface area contributed by atoms with Crippen molar-refractivity contribution in [3.63, 3.8) is 0 Å². The van der Waals surface area contributed by atoms with Crippen LogP contribution in [0.2, 0.25) is 0 Å². The van der Waals surface area contributed by atoms with E-state index in [1.165, 1.54) is 0 Å². The van der Waals surface area contributed by atoms with Gasteiger partial charge < -0.3 is 10.1 Å². The molecule has 3 rings (SSSR count). The van der Waals surface area contributed by atoms with Crippen LogP contribution in [-0.2, 0) is 11.3 Å². The first-order chi connectivity index (χ1) is 13.9. The van der Waals surface area contributed by atoms with E-state index < -0.39 is 0 Å². The molecule has 0 atom stereocenters. The van der Waals surface area contributed by atoms with E-state index in [2.05, 4.69) is 21.2 Å². The highest BCUT2D eigenvalue weighted by Crippen LogP contribution is 2.34. The minimum absolute atomic E-state index is 0.0367. The van der Waals surface area contributed by atoms with Crippen molar-refractivity contribution in [1.29, 1.82) is 0 Å². The van der Waals surface area contributed by atoms with Crippen LogP contribution < -0.4 is 10.1 Å². The number of ether oxygens (including phenoxy) is 1. The van der Waals surface area contributed by atoms with Crippen LogP contribution in [-0.4, -0.2) is 36.5 Å². The van der Waals surface area contributed by atoms with Crippen LogP contribution in [0, 0.1) is 13.8 Å². The van der Waals surface area contributed by atoms with E-state index in [0.29, 0.717) is 13.1 Å². The molecule has 0 unspecified atom stereocenters. The number of hydrogen-bond donors (Lipinski definition) is 1. The zero-order chi connectivity index (χ0) is 21.0. The number of anilines is 1. The van der Waals surface area contributed by atoms with Gasteiger partial charge in [-0.1, -0.05) is 28.1 Å². The van der Waals surface area contributed by atoms with Crippen molar-refractivity contribution in [2.45, 2.75) is 20.4 Å². The van der Waals surface area contributed by atoms with Gasteiger partial charge in [-0.05, 0) is 56.3 Å². The molecule has 1 aromatic heterocycles. The maximum atomic E-state index is 12.4. The number of amides is 1. The molecule has 7 heteroatoms. The summed E-state index contributed by atoms with van der Waals surface area (Å²) in [6.07, 6.45) is 0. The van der Waals surface area contributed by atoms with Crippen molar-refractivity contribution >= 4 is 38.9 Å². The van der Waals surface area contributed by atoms with Crippen molar-refractivity contribution in [3.8, 4) is 16.3 Å². The van der Waals surface area contributed by atoms with Gasteiger partial charge in [0.15, 0.2) is 0 Å². The number of nitrogens with one attached hydrogen (secondary N) is 1. The predicted octanol–water partition coefficient (Wildman–Crippen LogP) is 5.27. The number of methoxy groups -OCH3 is 1. The van der Waals surface area contributed by atoms with Crippen LogP contribution in [0.1, 0.15) is 16.8 Å². The van der Waals surface area contributed by atoms with Gasteiger partial charge in [0, 0.05) is 22.1 Å². The van der Waals surface area contributed by atoms with E-state index >= 15 is 0 Å². The molecule has 0 saturated carbocycles. The van der Waals surface area contributed by atoms with E-state index in [4.69, 9.17) is 9.72 Å². The summed E-state index contributed by atoms with van der Waals surface area (Å²) in [4.78, 5) is 19.1. The van der Waals surface area contributed by atoms with Crippen molar-refractivity contribution in [3.05, 3.63) is 63.1 Å². The molecule has 1 heterocycles. The molecule has 0 aliphatic rings. The minimum atomic E-state index is -0.0367. The molecule has 2 aromatic carbocycles. The fraction of sp³-hybridized carbons (Fsp3) is 0.273. The van der Waals surface area contributed by atoms with Crippen molar-refractivity contribution in [1.82, 2.24) is 9.88 Å². The lowest BCUT2D eigenvalue weighted by atomic mass is 10.1. The second-order valence-corrected chi connectivity index (χ2v) is 8.73. The van der Waals surface area contributed by atoms with Crippen molar-refractivity contribution in [2.75, 3.05) is 26.0 Å². The van der Waals surface area contributed by atoms with Gasteiger partial charge >= 0.3 is 0 Å². The normalized spacial score (nSPS) is 11.0. The molecule has 152 valence electrons. The van der Waals surface area contributed by atoms with Crippen molar-refractivity contribution < 1.29 is 9.53 Å². The van der Waals surface area contributed by atoms with E-state index in [0.717, 1.165) is 43.3 Å². The van der Waals surface area contributed by atoms with Gasteiger partial charge in [0.1, 0.15) is 10.8 Å². The number of aryl methyl sites for hydroxylation is 1. The first kappa shape index (κ1) is 21.5. The van der Waals surface area contributed by atoms with Crippen molar-refractivity contribution in [2.24, 2.45) is 0 Å². The quantitative estimate of drug-likeness (QED) is 0.507. The number of rotatable bonds is 7. The van der Waals surface area contributed by atoms with Crippen LogP contribution in [0.15, 0.2) is 46.3 Å². The Balaban J connectivity index is 1.63. The third kappa shape index (κ3) is 5.44. The molecule has 5 nitrogen and oxygen atoms in total. The lowest BCUT2D eigenvalue weighted by Crippen LogP contribution is -2.30. The summed E-state index contributed by atoms with van der Waals surface area (Å²) in [5.74, 6) is 0.751. The van der Waals surface area contributed by atoms with Gasteiger partial charge in [-0.2, -0.15) is 0 Å². The fourth-order valence-electron chi connectivity index (χ4n) is 3.00. The summed E-state index contributed by atoms with van der Waals surface area (Å²) in [5.41, 5.74) is 4.99. The summed E-state index contributed by atoms with van der Waals surface area (Å²) >= 11 is 5.07. The largest absolute Gasteiger partial charge is 0.496 e. The number of nitrogens with zero attached hydrogens (tertiary/aromatic N) is 2. The number of carbonyl (C=O) groups is 1. The van der Waals surface area contributed by atoms with E-state index in [-0.39, 0.29) is 5.91 Å². The molecule has 0 aliphatic carbocycles. The third-order valence-electron chi connectivity index (χ3n) is 4.67. The van der Waals surface area contributed by atoms with Gasteiger partial charge in [-0.15, -0.1) is 11.3 Å². The minimum Gasteiger partial charge on any atom is -0.496 e. The van der Waals surface area contributed by atoms with Crippen LogP contribution in [0.4, 0.5) is 5.69 Å². The number of thiazole rings is 1. The molecule has 0 saturated heterocycles. The summed E-state index contributed by atoms with van der Waals surface area (Å²) in [6, 6.07) is 11.8. The molecule has 0 fully saturated rings. The molecule has 0 radical (unpaired) electrons. The average Bonchev–Trinajstić information content (AvgIpc) is 3.13. The van der Waals surface area contributed by atoms with Gasteiger partial charge in [-0.25, -0.2) is 4.98 Å². The molecule has 1 amide bonds. The van der Waals surface area contributed by atoms with Gasteiger partial charge in [0.2, 0.25) is 5.91 Å². The second kappa shape index (κ2) is 9.52. The number of halogens is 1. The summed E-state index contributed by atoms with van der Waals surface area (Å²) in [7, 11) is 3.57. The highest BCUT2D eigenvalue weighted by molar-refractivity contribution is 9.10. The van der Waals surface area contributed by atoms with E-state index in [9.17, 15) is 4.79 Å². The number of likely N-dealkylation sites (N-methyl/N-ethyl adjacent to an activating group) is 1. The first-order valence-corrected chi connectivity index (χ1v) is 10.9. The Kier molecular flexibility index (Phi) is 7.05. The molecule has 0 bridgehead atoms. The zero-order valence-corrected chi connectivity index (χ0v) is 19.4. The summed E-state index contributed by atoms with van der Waals surface area (Å²) in [6.45, 7) is 4.94. The number of carbonyl (C=O) groups excluding carboxylic acids is 1. The van der Waals surface area contributed by atoms with Crippen LogP contribution in [0.3, 0.4) is 0 Å². The Morgan fingerprint density at radius 2 is 2.07 bits per heavy atom.